The van der Waals surface area contributed by atoms with E-state index in [0.717, 1.165) is 11.6 Å². The average molecular weight is 297 g/mol. The minimum Gasteiger partial charge on any atom is -0.407 e. The van der Waals surface area contributed by atoms with Gasteiger partial charge in [0.25, 0.3) is 5.91 Å². The molecule has 2 aromatic carbocycles. The molecule has 0 spiro atoms. The molecule has 1 amide bonds. The second-order valence-electron chi connectivity index (χ2n) is 4.63. The van der Waals surface area contributed by atoms with Gasteiger partial charge < -0.3 is 4.42 Å². The molecule has 3 rings (SSSR count). The van der Waals surface area contributed by atoms with E-state index in [1.807, 2.05) is 30.3 Å². The summed E-state index contributed by atoms with van der Waals surface area (Å²) < 4.78 is 18.4. The van der Waals surface area contributed by atoms with Crippen LogP contribution in [0.5, 0.6) is 0 Å². The van der Waals surface area contributed by atoms with Crippen LogP contribution < -0.4 is 5.32 Å². The highest BCUT2D eigenvalue weighted by atomic mass is 19.1. The van der Waals surface area contributed by atoms with Gasteiger partial charge in [0, 0.05) is 5.56 Å². The highest BCUT2D eigenvalue weighted by Gasteiger charge is 2.12. The van der Waals surface area contributed by atoms with Gasteiger partial charge in [0.1, 0.15) is 5.82 Å². The first-order chi connectivity index (χ1) is 10.7. The summed E-state index contributed by atoms with van der Waals surface area (Å²) in [6.07, 6.45) is 0.476. The van der Waals surface area contributed by atoms with Gasteiger partial charge in [-0.15, -0.1) is 5.10 Å². The van der Waals surface area contributed by atoms with E-state index in [-0.39, 0.29) is 11.6 Å². The number of amides is 1. The molecule has 0 fully saturated rings. The topological polar surface area (TPSA) is 68.0 Å². The van der Waals surface area contributed by atoms with Crippen molar-refractivity contribution < 1.29 is 13.6 Å². The minimum absolute atomic E-state index is 0.0137. The van der Waals surface area contributed by atoms with Crippen molar-refractivity contribution in [3.8, 4) is 0 Å². The summed E-state index contributed by atoms with van der Waals surface area (Å²) in [6, 6.07) is 15.0. The molecular formula is C16H12FN3O2. The Hall–Kier alpha value is -3.02. The van der Waals surface area contributed by atoms with Crippen LogP contribution in [0.3, 0.4) is 0 Å². The highest BCUT2D eigenvalue weighted by molar-refractivity contribution is 6.03. The summed E-state index contributed by atoms with van der Waals surface area (Å²) in [5, 5.41) is 10.1. The lowest BCUT2D eigenvalue weighted by Gasteiger charge is -2.00. The molecule has 22 heavy (non-hydrogen) atoms. The first kappa shape index (κ1) is 13.9. The lowest BCUT2D eigenvalue weighted by Crippen LogP contribution is -2.12. The summed E-state index contributed by atoms with van der Waals surface area (Å²) in [5.41, 5.74) is 1.21. The maximum Gasteiger partial charge on any atom is 0.322 e. The van der Waals surface area contributed by atoms with Crippen molar-refractivity contribution in [2.45, 2.75) is 6.42 Å². The van der Waals surface area contributed by atoms with Gasteiger partial charge in [-0.25, -0.2) is 4.39 Å². The van der Waals surface area contributed by atoms with Crippen molar-refractivity contribution >= 4 is 11.9 Å². The quantitative estimate of drug-likeness (QED) is 0.803. The molecule has 0 saturated heterocycles. The fourth-order valence-corrected chi connectivity index (χ4v) is 1.95. The van der Waals surface area contributed by atoms with Crippen molar-refractivity contribution in [2.75, 3.05) is 5.32 Å². The maximum atomic E-state index is 13.1. The van der Waals surface area contributed by atoms with Gasteiger partial charge >= 0.3 is 6.01 Å². The number of aromatic nitrogens is 2. The molecule has 1 aromatic heterocycles. The lowest BCUT2D eigenvalue weighted by molar-refractivity contribution is 0.102. The van der Waals surface area contributed by atoms with Crippen molar-refractivity contribution in [1.82, 2.24) is 10.2 Å². The number of benzene rings is 2. The summed E-state index contributed by atoms with van der Waals surface area (Å²) >= 11 is 0. The zero-order valence-corrected chi connectivity index (χ0v) is 11.5. The molecule has 1 N–H and O–H groups in total. The van der Waals surface area contributed by atoms with Crippen molar-refractivity contribution in [3.05, 3.63) is 77.4 Å². The largest absolute Gasteiger partial charge is 0.407 e. The zero-order valence-electron chi connectivity index (χ0n) is 11.5. The monoisotopic (exact) mass is 297 g/mol. The third kappa shape index (κ3) is 3.35. The summed E-state index contributed by atoms with van der Waals surface area (Å²) in [4.78, 5) is 11.9. The normalized spacial score (nSPS) is 10.4. The molecule has 0 unspecified atom stereocenters. The van der Waals surface area contributed by atoms with Crippen molar-refractivity contribution in [3.63, 3.8) is 0 Å². The Kier molecular flexibility index (Phi) is 3.91. The van der Waals surface area contributed by atoms with Crippen LogP contribution in [0.2, 0.25) is 0 Å². The van der Waals surface area contributed by atoms with Gasteiger partial charge in [0.15, 0.2) is 0 Å². The van der Waals surface area contributed by atoms with Gasteiger partial charge in [-0.3, -0.25) is 10.1 Å². The molecule has 0 atom stereocenters. The van der Waals surface area contributed by atoms with E-state index < -0.39 is 11.7 Å². The predicted octanol–water partition coefficient (Wildman–Crippen LogP) is 3.05. The number of nitrogens with one attached hydrogen (secondary N) is 1. The fraction of sp³-hybridized carbons (Fsp3) is 0.0625. The third-order valence-electron chi connectivity index (χ3n) is 2.97. The standard InChI is InChI=1S/C16H12FN3O2/c17-13-8-4-7-12(10-13)15(21)18-16-20-19-14(22-16)9-11-5-2-1-3-6-11/h1-8,10H,9H2,(H,18,20,21). The third-order valence-corrected chi connectivity index (χ3v) is 2.97. The number of halogens is 1. The number of carbonyl (C=O) groups is 1. The van der Waals surface area contributed by atoms with E-state index in [1.165, 1.54) is 18.2 Å². The van der Waals surface area contributed by atoms with Crippen LogP contribution in [-0.4, -0.2) is 16.1 Å². The summed E-state index contributed by atoms with van der Waals surface area (Å²) in [5.74, 6) is -0.599. The van der Waals surface area contributed by atoms with E-state index in [4.69, 9.17) is 4.42 Å². The van der Waals surface area contributed by atoms with Gasteiger partial charge in [-0.1, -0.05) is 41.5 Å². The Labute approximate surface area is 125 Å². The lowest BCUT2D eigenvalue weighted by atomic mass is 10.2. The van der Waals surface area contributed by atoms with Gasteiger partial charge in [-0.2, -0.15) is 0 Å². The minimum atomic E-state index is -0.505. The molecule has 5 nitrogen and oxygen atoms in total. The predicted molar refractivity (Wildman–Crippen MR) is 77.9 cm³/mol. The van der Waals surface area contributed by atoms with Crippen LogP contribution in [0, 0.1) is 5.82 Å². The Morgan fingerprint density at radius 3 is 2.68 bits per heavy atom. The van der Waals surface area contributed by atoms with Crippen LogP contribution in [0.1, 0.15) is 21.8 Å². The van der Waals surface area contributed by atoms with E-state index in [1.54, 1.807) is 0 Å². The van der Waals surface area contributed by atoms with Gasteiger partial charge in [0.05, 0.1) is 6.42 Å². The maximum absolute atomic E-state index is 13.1. The summed E-state index contributed by atoms with van der Waals surface area (Å²) in [6.45, 7) is 0. The molecule has 0 radical (unpaired) electrons. The SMILES string of the molecule is O=C(Nc1nnc(Cc2ccccc2)o1)c1cccc(F)c1. The van der Waals surface area contributed by atoms with Gasteiger partial charge in [0.2, 0.25) is 5.89 Å². The van der Waals surface area contributed by atoms with Crippen LogP contribution in [-0.2, 0) is 6.42 Å². The van der Waals surface area contributed by atoms with Crippen molar-refractivity contribution in [2.24, 2.45) is 0 Å². The molecule has 3 aromatic rings. The Balaban J connectivity index is 1.68. The molecule has 0 saturated carbocycles. The van der Waals surface area contributed by atoms with Crippen LogP contribution in [0.4, 0.5) is 10.4 Å². The molecule has 0 aliphatic heterocycles. The number of nitrogens with zero attached hydrogens (tertiary/aromatic N) is 2. The average Bonchev–Trinajstić information content (AvgIpc) is 2.95. The zero-order chi connectivity index (χ0) is 15.4. The number of carbonyl (C=O) groups excluding carboxylic acids is 1. The Morgan fingerprint density at radius 2 is 1.91 bits per heavy atom. The van der Waals surface area contributed by atoms with Crippen LogP contribution >= 0.6 is 0 Å². The van der Waals surface area contributed by atoms with Crippen LogP contribution in [0.25, 0.3) is 0 Å². The number of rotatable bonds is 4. The van der Waals surface area contributed by atoms with Gasteiger partial charge in [-0.05, 0) is 23.8 Å². The molecule has 0 aliphatic rings. The van der Waals surface area contributed by atoms with Crippen molar-refractivity contribution in [1.29, 1.82) is 0 Å². The second-order valence-corrected chi connectivity index (χ2v) is 4.63. The molecule has 0 bridgehead atoms. The van der Waals surface area contributed by atoms with Crippen LogP contribution in [0.15, 0.2) is 59.0 Å². The first-order valence-corrected chi connectivity index (χ1v) is 6.64. The first-order valence-electron chi connectivity index (χ1n) is 6.64. The van der Waals surface area contributed by atoms with E-state index in [2.05, 4.69) is 15.5 Å². The smallest absolute Gasteiger partial charge is 0.322 e. The number of hydrogen-bond acceptors (Lipinski definition) is 4. The number of anilines is 1. The molecule has 6 heteroatoms. The molecule has 1 heterocycles. The Bertz CT molecular complexity index is 787. The van der Waals surface area contributed by atoms with E-state index in [0.29, 0.717) is 12.3 Å². The second kappa shape index (κ2) is 6.17. The van der Waals surface area contributed by atoms with E-state index in [9.17, 15) is 9.18 Å². The summed E-state index contributed by atoms with van der Waals surface area (Å²) in [7, 11) is 0. The number of hydrogen-bond donors (Lipinski definition) is 1. The Morgan fingerprint density at radius 1 is 1.09 bits per heavy atom. The molecule has 0 aliphatic carbocycles. The fourth-order valence-electron chi connectivity index (χ4n) is 1.95. The van der Waals surface area contributed by atoms with E-state index >= 15 is 0 Å². The molecular weight excluding hydrogens is 285 g/mol. The highest BCUT2D eigenvalue weighted by Crippen LogP contribution is 2.12. The molecule has 110 valence electrons.